The number of aryl methyl sites for hydroxylation is 1. The maximum Gasteiger partial charge on any atom is 0.0643 e. The fourth-order valence-electron chi connectivity index (χ4n) is 6.20. The average molecular weight is 352 g/mol. The van der Waals surface area contributed by atoms with E-state index in [4.69, 9.17) is 11.6 Å². The van der Waals surface area contributed by atoms with E-state index in [0.717, 1.165) is 34.2 Å². The molecule has 0 radical (unpaired) electrons. The predicted octanol–water partition coefficient (Wildman–Crippen LogP) is 6.86. The Kier molecular flexibility index (Phi) is 3.64. The first kappa shape index (κ1) is 15.8. The molecule has 6 rings (SSSR count). The number of nitrogens with one attached hydrogen (secondary N) is 1. The summed E-state index contributed by atoms with van der Waals surface area (Å²) in [6, 6.07) is 15.3. The molecule has 4 bridgehead atoms. The highest BCUT2D eigenvalue weighted by Crippen LogP contribution is 2.61. The highest BCUT2D eigenvalue weighted by atomic mass is 35.5. The van der Waals surface area contributed by atoms with Gasteiger partial charge in [0.05, 0.1) is 10.7 Å². The molecule has 4 saturated carbocycles. The van der Waals surface area contributed by atoms with Crippen molar-refractivity contribution in [2.24, 2.45) is 17.8 Å². The third-order valence-corrected chi connectivity index (χ3v) is 7.26. The minimum atomic E-state index is 0.417. The molecule has 0 heterocycles. The molecule has 0 aliphatic heterocycles. The summed E-state index contributed by atoms with van der Waals surface area (Å²) in [7, 11) is 0. The molecule has 4 aliphatic carbocycles. The van der Waals surface area contributed by atoms with Gasteiger partial charge in [0, 0.05) is 5.69 Å². The molecule has 0 unspecified atom stereocenters. The van der Waals surface area contributed by atoms with Crippen LogP contribution in [0, 0.1) is 24.7 Å². The minimum Gasteiger partial charge on any atom is -0.354 e. The molecule has 2 aromatic rings. The number of hydrogen-bond acceptors (Lipinski definition) is 1. The summed E-state index contributed by atoms with van der Waals surface area (Å²) in [4.78, 5) is 0. The second-order valence-corrected chi connectivity index (χ2v) is 9.29. The van der Waals surface area contributed by atoms with Crippen molar-refractivity contribution in [1.29, 1.82) is 0 Å². The standard InChI is InChI=1S/C23H26ClN/c1-15-2-5-20(6-3-15)25-22-7-4-19(11-21(22)24)23-12-16-8-17(13-23)10-18(9-16)14-23/h2-7,11,16-18,25H,8-10,12-14H2,1H3. The fourth-order valence-corrected chi connectivity index (χ4v) is 6.43. The van der Waals surface area contributed by atoms with E-state index in [-0.39, 0.29) is 0 Å². The number of benzene rings is 2. The lowest BCUT2D eigenvalue weighted by Crippen LogP contribution is -2.48. The Morgan fingerprint density at radius 2 is 1.48 bits per heavy atom. The lowest BCUT2D eigenvalue weighted by Gasteiger charge is -2.57. The van der Waals surface area contributed by atoms with Crippen LogP contribution in [0.4, 0.5) is 11.4 Å². The number of hydrogen-bond donors (Lipinski definition) is 1. The van der Waals surface area contributed by atoms with Gasteiger partial charge in [-0.3, -0.25) is 0 Å². The van der Waals surface area contributed by atoms with Gasteiger partial charge in [0.1, 0.15) is 0 Å². The van der Waals surface area contributed by atoms with Crippen molar-refractivity contribution in [3.05, 3.63) is 58.6 Å². The van der Waals surface area contributed by atoms with Gasteiger partial charge < -0.3 is 5.32 Å². The highest BCUT2D eigenvalue weighted by Gasteiger charge is 2.51. The van der Waals surface area contributed by atoms with E-state index in [1.54, 1.807) is 0 Å². The third-order valence-electron chi connectivity index (χ3n) is 6.95. The summed E-state index contributed by atoms with van der Waals surface area (Å²) in [6.07, 6.45) is 8.63. The second-order valence-electron chi connectivity index (χ2n) is 8.88. The number of rotatable bonds is 3. The van der Waals surface area contributed by atoms with Crippen LogP contribution in [-0.4, -0.2) is 0 Å². The van der Waals surface area contributed by atoms with E-state index in [1.165, 1.54) is 49.7 Å². The van der Waals surface area contributed by atoms with Crippen LogP contribution in [0.25, 0.3) is 0 Å². The Morgan fingerprint density at radius 1 is 0.880 bits per heavy atom. The molecule has 2 heteroatoms. The zero-order chi connectivity index (χ0) is 17.0. The van der Waals surface area contributed by atoms with Gasteiger partial charge in [-0.2, -0.15) is 0 Å². The molecule has 0 aromatic heterocycles. The van der Waals surface area contributed by atoms with E-state index in [2.05, 4.69) is 54.7 Å². The van der Waals surface area contributed by atoms with E-state index in [0.29, 0.717) is 5.41 Å². The smallest absolute Gasteiger partial charge is 0.0643 e. The van der Waals surface area contributed by atoms with Crippen LogP contribution >= 0.6 is 11.6 Å². The summed E-state index contributed by atoms with van der Waals surface area (Å²) in [6.45, 7) is 2.11. The Morgan fingerprint density at radius 3 is 2.04 bits per heavy atom. The van der Waals surface area contributed by atoms with Crippen molar-refractivity contribution in [2.45, 2.75) is 50.9 Å². The second kappa shape index (κ2) is 5.77. The minimum absolute atomic E-state index is 0.417. The maximum absolute atomic E-state index is 6.69. The first-order valence-electron chi connectivity index (χ1n) is 9.73. The van der Waals surface area contributed by atoms with Crippen LogP contribution in [0.2, 0.25) is 5.02 Å². The van der Waals surface area contributed by atoms with Crippen molar-refractivity contribution >= 4 is 23.0 Å². The van der Waals surface area contributed by atoms with Crippen LogP contribution in [0.1, 0.15) is 49.7 Å². The molecule has 1 N–H and O–H groups in total. The topological polar surface area (TPSA) is 12.0 Å². The Bertz CT molecular complexity index is 757. The maximum atomic E-state index is 6.69. The summed E-state index contributed by atoms with van der Waals surface area (Å²) in [5.74, 6) is 2.90. The van der Waals surface area contributed by atoms with Gasteiger partial charge in [-0.1, -0.05) is 35.4 Å². The Hall–Kier alpha value is -1.47. The van der Waals surface area contributed by atoms with Crippen LogP contribution in [-0.2, 0) is 5.41 Å². The van der Waals surface area contributed by atoms with Gasteiger partial charge in [-0.15, -0.1) is 0 Å². The molecule has 0 spiro atoms. The summed E-state index contributed by atoms with van der Waals surface area (Å²) in [5, 5.41) is 4.32. The van der Waals surface area contributed by atoms with E-state index >= 15 is 0 Å². The van der Waals surface area contributed by atoms with Crippen LogP contribution in [0.3, 0.4) is 0 Å². The Balaban J connectivity index is 1.42. The monoisotopic (exact) mass is 351 g/mol. The van der Waals surface area contributed by atoms with E-state index in [1.807, 2.05) is 0 Å². The molecule has 0 atom stereocenters. The quantitative estimate of drug-likeness (QED) is 0.636. The lowest BCUT2D eigenvalue weighted by molar-refractivity contribution is -0.00517. The number of anilines is 2. The van der Waals surface area contributed by atoms with Crippen molar-refractivity contribution in [3.63, 3.8) is 0 Å². The molecule has 25 heavy (non-hydrogen) atoms. The molecule has 0 saturated heterocycles. The Labute approximate surface area is 155 Å². The average Bonchev–Trinajstić information content (AvgIpc) is 2.57. The molecule has 2 aromatic carbocycles. The normalized spacial score (nSPS) is 32.8. The van der Waals surface area contributed by atoms with Gasteiger partial charge in [0.25, 0.3) is 0 Å². The lowest BCUT2D eigenvalue weighted by atomic mass is 9.48. The van der Waals surface area contributed by atoms with Crippen molar-refractivity contribution in [3.8, 4) is 0 Å². The summed E-state index contributed by atoms with van der Waals surface area (Å²) < 4.78 is 0. The van der Waals surface area contributed by atoms with Gasteiger partial charge >= 0.3 is 0 Å². The molecular weight excluding hydrogens is 326 g/mol. The van der Waals surface area contributed by atoms with Crippen molar-refractivity contribution in [1.82, 2.24) is 0 Å². The predicted molar refractivity (Wildman–Crippen MR) is 106 cm³/mol. The molecule has 0 amide bonds. The third kappa shape index (κ3) is 2.77. The molecule has 130 valence electrons. The highest BCUT2D eigenvalue weighted by molar-refractivity contribution is 6.33. The van der Waals surface area contributed by atoms with Crippen LogP contribution in [0.5, 0.6) is 0 Å². The van der Waals surface area contributed by atoms with Crippen molar-refractivity contribution < 1.29 is 0 Å². The summed E-state index contributed by atoms with van der Waals surface area (Å²) in [5.41, 5.74) is 5.29. The molecule has 4 fully saturated rings. The molecule has 1 nitrogen and oxygen atoms in total. The fraction of sp³-hybridized carbons (Fsp3) is 0.478. The first-order chi connectivity index (χ1) is 12.1. The first-order valence-corrected chi connectivity index (χ1v) is 10.1. The summed E-state index contributed by atoms with van der Waals surface area (Å²) >= 11 is 6.69. The SMILES string of the molecule is Cc1ccc(Nc2ccc(C34CC5CC(CC(C5)C3)C4)cc2Cl)cc1. The van der Waals surface area contributed by atoms with Gasteiger partial charge in [0.2, 0.25) is 0 Å². The van der Waals surface area contributed by atoms with Gasteiger partial charge in [0.15, 0.2) is 0 Å². The van der Waals surface area contributed by atoms with Crippen molar-refractivity contribution in [2.75, 3.05) is 5.32 Å². The van der Waals surface area contributed by atoms with E-state index in [9.17, 15) is 0 Å². The van der Waals surface area contributed by atoms with Crippen LogP contribution in [0.15, 0.2) is 42.5 Å². The molecular formula is C23H26ClN. The number of halogens is 1. The van der Waals surface area contributed by atoms with Crippen LogP contribution < -0.4 is 5.32 Å². The van der Waals surface area contributed by atoms with Gasteiger partial charge in [-0.05, 0) is 98.4 Å². The molecule has 4 aliphatic rings. The zero-order valence-corrected chi connectivity index (χ0v) is 15.7. The zero-order valence-electron chi connectivity index (χ0n) is 14.9. The van der Waals surface area contributed by atoms with Gasteiger partial charge in [-0.25, -0.2) is 0 Å². The largest absolute Gasteiger partial charge is 0.354 e. The van der Waals surface area contributed by atoms with E-state index < -0.39 is 0 Å².